The van der Waals surface area contributed by atoms with E-state index in [1.54, 1.807) is 0 Å². The molecule has 2 atom stereocenters. The zero-order valence-corrected chi connectivity index (χ0v) is 7.38. The van der Waals surface area contributed by atoms with E-state index in [1.165, 1.54) is 11.8 Å². The Balaban J connectivity index is 4.14. The molecule has 0 saturated heterocycles. The van der Waals surface area contributed by atoms with Crippen LogP contribution in [0.3, 0.4) is 0 Å². The predicted molar refractivity (Wildman–Crippen MR) is 42.8 cm³/mol. The summed E-state index contributed by atoms with van der Waals surface area (Å²) in [5, 5.41) is 8.50. The van der Waals surface area contributed by atoms with Gasteiger partial charge >= 0.3 is 0 Å². The molecule has 0 aliphatic heterocycles. The lowest BCUT2D eigenvalue weighted by atomic mass is 10.1. The van der Waals surface area contributed by atoms with Gasteiger partial charge in [0.1, 0.15) is 4.75 Å². The van der Waals surface area contributed by atoms with Gasteiger partial charge in [-0.25, -0.2) is 0 Å². The van der Waals surface area contributed by atoms with E-state index in [9.17, 15) is 0 Å². The molecule has 0 rings (SSSR count). The van der Waals surface area contributed by atoms with Crippen molar-refractivity contribution in [2.75, 3.05) is 6.26 Å². The molecule has 9 heavy (non-hydrogen) atoms. The van der Waals surface area contributed by atoms with E-state index in [-0.39, 0.29) is 5.38 Å². The molecule has 0 spiro atoms. The minimum Gasteiger partial charge on any atom is -0.197 e. The molecule has 0 saturated carbocycles. The summed E-state index contributed by atoms with van der Waals surface area (Å²) < 4.78 is -0.429. The molecule has 0 aromatic heterocycles. The lowest BCUT2D eigenvalue weighted by molar-refractivity contribution is 0.780. The quantitative estimate of drug-likeness (QED) is 0.584. The van der Waals surface area contributed by atoms with Crippen molar-refractivity contribution in [3.05, 3.63) is 0 Å². The van der Waals surface area contributed by atoms with E-state index in [1.807, 2.05) is 20.1 Å². The number of nitrogens with zero attached hydrogens (tertiary/aromatic N) is 1. The first kappa shape index (κ1) is 9.13. The Kier molecular flexibility index (Phi) is 3.38. The predicted octanol–water partition coefficient (Wildman–Crippen LogP) is 2.26. The Morgan fingerprint density at radius 2 is 2.22 bits per heavy atom. The van der Waals surface area contributed by atoms with Crippen molar-refractivity contribution in [3.8, 4) is 6.07 Å². The molecule has 0 aliphatic carbocycles. The number of halogens is 1. The van der Waals surface area contributed by atoms with Crippen molar-refractivity contribution in [2.24, 2.45) is 0 Å². The van der Waals surface area contributed by atoms with Crippen molar-refractivity contribution in [3.63, 3.8) is 0 Å². The second kappa shape index (κ2) is 3.34. The second-order valence-electron chi connectivity index (χ2n) is 2.04. The monoisotopic (exact) mass is 163 g/mol. The van der Waals surface area contributed by atoms with Gasteiger partial charge in [0.2, 0.25) is 0 Å². The number of thioether (sulfide) groups is 1. The van der Waals surface area contributed by atoms with Crippen molar-refractivity contribution in [2.45, 2.75) is 24.0 Å². The van der Waals surface area contributed by atoms with Gasteiger partial charge in [0.25, 0.3) is 0 Å². The maximum absolute atomic E-state index is 8.60. The molecule has 0 radical (unpaired) electrons. The van der Waals surface area contributed by atoms with E-state index in [0.717, 1.165) is 0 Å². The van der Waals surface area contributed by atoms with Crippen molar-refractivity contribution in [1.29, 1.82) is 5.26 Å². The highest BCUT2D eigenvalue weighted by Crippen LogP contribution is 2.28. The SMILES string of the molecule is CS[C@@](C)(C#N)[C@H](C)Cl. The Bertz CT molecular complexity index is 130. The Hall–Kier alpha value is 0.130. The smallest absolute Gasteiger partial charge is 0.115 e. The van der Waals surface area contributed by atoms with Crippen LogP contribution in [-0.2, 0) is 0 Å². The minimum atomic E-state index is -0.429. The largest absolute Gasteiger partial charge is 0.197 e. The van der Waals surface area contributed by atoms with Gasteiger partial charge in [-0.05, 0) is 20.1 Å². The molecule has 52 valence electrons. The maximum atomic E-state index is 8.60. The van der Waals surface area contributed by atoms with Gasteiger partial charge < -0.3 is 0 Å². The molecule has 3 heteroatoms. The molecule has 0 fully saturated rings. The van der Waals surface area contributed by atoms with Gasteiger partial charge in [0, 0.05) is 0 Å². The van der Waals surface area contributed by atoms with Gasteiger partial charge in [-0.2, -0.15) is 5.26 Å². The van der Waals surface area contributed by atoms with Crippen LogP contribution in [0.25, 0.3) is 0 Å². The second-order valence-corrected chi connectivity index (χ2v) is 3.95. The number of alkyl halides is 1. The molecule has 0 bridgehead atoms. The third-order valence-electron chi connectivity index (χ3n) is 1.41. The van der Waals surface area contributed by atoms with E-state index in [4.69, 9.17) is 16.9 Å². The molecule has 0 aliphatic rings. The third-order valence-corrected chi connectivity index (χ3v) is 3.26. The summed E-state index contributed by atoms with van der Waals surface area (Å²) in [5.74, 6) is 0. The van der Waals surface area contributed by atoms with Gasteiger partial charge in [0.15, 0.2) is 0 Å². The first-order valence-corrected chi connectivity index (χ1v) is 4.33. The number of hydrogen-bond acceptors (Lipinski definition) is 2. The van der Waals surface area contributed by atoms with Gasteiger partial charge in [-0.1, -0.05) is 0 Å². The van der Waals surface area contributed by atoms with E-state index < -0.39 is 4.75 Å². The first-order chi connectivity index (χ1) is 4.06. The van der Waals surface area contributed by atoms with E-state index >= 15 is 0 Å². The lowest BCUT2D eigenvalue weighted by Crippen LogP contribution is -2.27. The molecule has 0 unspecified atom stereocenters. The molecular formula is C6H10ClNS. The fourth-order valence-corrected chi connectivity index (χ4v) is 1.03. The van der Waals surface area contributed by atoms with Crippen molar-refractivity contribution in [1.82, 2.24) is 0 Å². The Labute approximate surface area is 65.4 Å². The van der Waals surface area contributed by atoms with Gasteiger partial charge in [0.05, 0.1) is 11.4 Å². The summed E-state index contributed by atoms with van der Waals surface area (Å²) in [6.45, 7) is 3.68. The van der Waals surface area contributed by atoms with Crippen molar-refractivity contribution >= 4 is 23.4 Å². The average molecular weight is 164 g/mol. The molecule has 0 heterocycles. The average Bonchev–Trinajstić information content (AvgIpc) is 1.86. The summed E-state index contributed by atoms with van der Waals surface area (Å²) in [5.41, 5.74) is 0. The molecule has 0 amide bonds. The highest BCUT2D eigenvalue weighted by Gasteiger charge is 2.28. The summed E-state index contributed by atoms with van der Waals surface area (Å²) >= 11 is 7.23. The lowest BCUT2D eigenvalue weighted by Gasteiger charge is -2.20. The molecule has 1 nitrogen and oxygen atoms in total. The fraction of sp³-hybridized carbons (Fsp3) is 0.833. The highest BCUT2D eigenvalue weighted by atomic mass is 35.5. The van der Waals surface area contributed by atoms with Crippen LogP contribution >= 0.6 is 23.4 Å². The summed E-state index contributed by atoms with van der Waals surface area (Å²) in [4.78, 5) is 0. The van der Waals surface area contributed by atoms with Gasteiger partial charge in [-0.15, -0.1) is 23.4 Å². The number of nitriles is 1. The summed E-state index contributed by atoms with van der Waals surface area (Å²) in [6.07, 6.45) is 1.89. The first-order valence-electron chi connectivity index (χ1n) is 2.67. The summed E-state index contributed by atoms with van der Waals surface area (Å²) in [7, 11) is 0. The highest BCUT2D eigenvalue weighted by molar-refractivity contribution is 8.00. The molecular weight excluding hydrogens is 154 g/mol. The minimum absolute atomic E-state index is 0.0995. The van der Waals surface area contributed by atoms with Crippen molar-refractivity contribution < 1.29 is 0 Å². The van der Waals surface area contributed by atoms with Crippen LogP contribution in [0.4, 0.5) is 0 Å². The maximum Gasteiger partial charge on any atom is 0.115 e. The zero-order chi connectivity index (χ0) is 7.49. The summed E-state index contributed by atoms with van der Waals surface area (Å²) in [6, 6.07) is 2.16. The Morgan fingerprint density at radius 1 is 1.78 bits per heavy atom. The Morgan fingerprint density at radius 3 is 2.22 bits per heavy atom. The van der Waals surface area contributed by atoms with Crippen LogP contribution < -0.4 is 0 Å². The zero-order valence-electron chi connectivity index (χ0n) is 5.81. The van der Waals surface area contributed by atoms with E-state index in [0.29, 0.717) is 0 Å². The normalized spacial score (nSPS) is 19.9. The van der Waals surface area contributed by atoms with Crippen LogP contribution in [0.15, 0.2) is 0 Å². The number of hydrogen-bond donors (Lipinski definition) is 0. The molecule has 0 N–H and O–H groups in total. The standard InChI is InChI=1S/C6H10ClNS/c1-5(7)6(2,4-8)9-3/h5H,1-3H3/t5-,6-/m0/s1. The van der Waals surface area contributed by atoms with Crippen LogP contribution in [-0.4, -0.2) is 16.4 Å². The van der Waals surface area contributed by atoms with Crippen LogP contribution in [0, 0.1) is 11.3 Å². The third kappa shape index (κ3) is 2.08. The number of rotatable bonds is 2. The van der Waals surface area contributed by atoms with Gasteiger partial charge in [-0.3, -0.25) is 0 Å². The van der Waals surface area contributed by atoms with Crippen LogP contribution in [0.1, 0.15) is 13.8 Å². The van der Waals surface area contributed by atoms with Crippen LogP contribution in [0.5, 0.6) is 0 Å². The van der Waals surface area contributed by atoms with Crippen LogP contribution in [0.2, 0.25) is 0 Å². The topological polar surface area (TPSA) is 23.8 Å². The fourth-order valence-electron chi connectivity index (χ4n) is 0.297. The molecule has 0 aromatic carbocycles. The molecule has 0 aromatic rings. The van der Waals surface area contributed by atoms with E-state index in [2.05, 4.69) is 6.07 Å².